The number of nitrogens with two attached hydrogens (primary N) is 1. The Morgan fingerprint density at radius 1 is 1.29 bits per heavy atom. The van der Waals surface area contributed by atoms with E-state index in [0.717, 1.165) is 17.7 Å². The lowest BCUT2D eigenvalue weighted by molar-refractivity contribution is -0.112. The Bertz CT molecular complexity index is 879. The Kier molecular flexibility index (Phi) is 5.87. The number of nitrogens with zero attached hydrogens (tertiary/aromatic N) is 1. The van der Waals surface area contributed by atoms with Crippen LogP contribution < -0.4 is 15.2 Å². The third kappa shape index (κ3) is 4.27. The molecule has 0 aromatic heterocycles. The number of hydrogen-bond acceptors (Lipinski definition) is 5. The molecule has 0 spiro atoms. The summed E-state index contributed by atoms with van der Waals surface area (Å²) in [5, 5.41) is 0. The summed E-state index contributed by atoms with van der Waals surface area (Å²) in [4.78, 5) is 25.4. The molecule has 6 nitrogen and oxygen atoms in total. The van der Waals surface area contributed by atoms with Gasteiger partial charge in [0.15, 0.2) is 11.5 Å². The van der Waals surface area contributed by atoms with E-state index in [-0.39, 0.29) is 0 Å². The Balaban J connectivity index is 1.98. The lowest BCUT2D eigenvalue weighted by Gasteiger charge is -2.28. The van der Waals surface area contributed by atoms with Gasteiger partial charge in [-0.2, -0.15) is 0 Å². The van der Waals surface area contributed by atoms with E-state index in [1.54, 1.807) is 31.5 Å². The van der Waals surface area contributed by atoms with Gasteiger partial charge in [-0.1, -0.05) is 12.1 Å². The first kappa shape index (κ1) is 19.7. The molecule has 2 aliphatic rings. The Labute approximate surface area is 165 Å². The maximum atomic E-state index is 12.2. The van der Waals surface area contributed by atoms with E-state index in [1.807, 2.05) is 24.8 Å². The van der Waals surface area contributed by atoms with Crippen LogP contribution in [0.3, 0.4) is 0 Å². The topological polar surface area (TPSA) is 81.9 Å². The molecule has 1 aliphatic heterocycles. The number of primary amides is 1. The molecule has 1 fully saturated rings. The van der Waals surface area contributed by atoms with Crippen LogP contribution in [0.4, 0.5) is 0 Å². The van der Waals surface area contributed by atoms with Crippen molar-refractivity contribution >= 4 is 17.8 Å². The van der Waals surface area contributed by atoms with Gasteiger partial charge < -0.3 is 20.1 Å². The SMILES string of the molecule is COc1ccc(/C(=C/N2C(C)=CCC(C=O)=C2C)C(N)=O)cc1OCC1CC1. The number of allylic oxidation sites excluding steroid dienone is 4. The maximum Gasteiger partial charge on any atom is 0.250 e. The van der Waals surface area contributed by atoms with Crippen LogP contribution in [0, 0.1) is 5.92 Å². The zero-order valence-electron chi connectivity index (χ0n) is 16.5. The van der Waals surface area contributed by atoms with E-state index < -0.39 is 5.91 Å². The predicted octanol–water partition coefficient (Wildman–Crippen LogP) is 3.39. The smallest absolute Gasteiger partial charge is 0.250 e. The highest BCUT2D eigenvalue weighted by Crippen LogP contribution is 2.35. The zero-order chi connectivity index (χ0) is 20.3. The molecule has 0 atom stereocenters. The van der Waals surface area contributed by atoms with Crippen LogP contribution >= 0.6 is 0 Å². The van der Waals surface area contributed by atoms with Gasteiger partial charge in [0.2, 0.25) is 0 Å². The molecule has 1 heterocycles. The summed E-state index contributed by atoms with van der Waals surface area (Å²) in [6.45, 7) is 4.42. The molecule has 28 heavy (non-hydrogen) atoms. The molecule has 1 aromatic rings. The van der Waals surface area contributed by atoms with Gasteiger partial charge in [-0.3, -0.25) is 9.59 Å². The van der Waals surface area contributed by atoms with Crippen molar-refractivity contribution in [3.8, 4) is 11.5 Å². The van der Waals surface area contributed by atoms with E-state index in [1.165, 1.54) is 12.8 Å². The number of carbonyl (C=O) groups excluding carboxylic acids is 2. The molecule has 148 valence electrons. The molecule has 1 aromatic carbocycles. The molecule has 0 unspecified atom stereocenters. The van der Waals surface area contributed by atoms with Crippen LogP contribution in [0.15, 0.2) is 47.4 Å². The monoisotopic (exact) mass is 382 g/mol. The van der Waals surface area contributed by atoms with Crippen molar-refractivity contribution in [1.82, 2.24) is 4.90 Å². The minimum atomic E-state index is -0.558. The van der Waals surface area contributed by atoms with Crippen LogP contribution in [-0.4, -0.2) is 30.8 Å². The Morgan fingerprint density at radius 2 is 2.04 bits per heavy atom. The molecule has 3 rings (SSSR count). The van der Waals surface area contributed by atoms with Gasteiger partial charge in [0.1, 0.15) is 6.29 Å². The molecule has 6 heteroatoms. The average Bonchev–Trinajstić information content (AvgIpc) is 3.50. The third-order valence-electron chi connectivity index (χ3n) is 5.14. The van der Waals surface area contributed by atoms with Gasteiger partial charge in [0.25, 0.3) is 5.91 Å². The zero-order valence-corrected chi connectivity index (χ0v) is 16.5. The quantitative estimate of drug-likeness (QED) is 0.550. The second-order valence-corrected chi connectivity index (χ2v) is 7.18. The lowest BCUT2D eigenvalue weighted by Crippen LogP contribution is -2.22. The summed E-state index contributed by atoms with van der Waals surface area (Å²) in [5.41, 5.74) is 9.04. The Morgan fingerprint density at radius 3 is 2.64 bits per heavy atom. The lowest BCUT2D eigenvalue weighted by atomic mass is 10.0. The first-order valence-corrected chi connectivity index (χ1v) is 9.38. The van der Waals surface area contributed by atoms with Crippen molar-refractivity contribution in [2.75, 3.05) is 13.7 Å². The molecule has 1 aliphatic carbocycles. The van der Waals surface area contributed by atoms with Gasteiger partial charge in [-0.05, 0) is 56.7 Å². The van der Waals surface area contributed by atoms with Gasteiger partial charge in [0.05, 0.1) is 19.3 Å². The largest absolute Gasteiger partial charge is 0.493 e. The van der Waals surface area contributed by atoms with Crippen LogP contribution in [0.25, 0.3) is 5.57 Å². The molecule has 0 bridgehead atoms. The average molecular weight is 382 g/mol. The highest BCUT2D eigenvalue weighted by molar-refractivity contribution is 6.18. The predicted molar refractivity (Wildman–Crippen MR) is 107 cm³/mol. The number of benzene rings is 1. The number of amides is 1. The van der Waals surface area contributed by atoms with E-state index >= 15 is 0 Å². The highest BCUT2D eigenvalue weighted by Gasteiger charge is 2.23. The first-order chi connectivity index (χ1) is 13.4. The number of ether oxygens (including phenoxy) is 2. The Hall–Kier alpha value is -3.02. The van der Waals surface area contributed by atoms with Crippen molar-refractivity contribution in [2.45, 2.75) is 33.1 Å². The van der Waals surface area contributed by atoms with Gasteiger partial charge >= 0.3 is 0 Å². The fourth-order valence-electron chi connectivity index (χ4n) is 3.11. The van der Waals surface area contributed by atoms with Gasteiger partial charge in [0, 0.05) is 23.2 Å². The summed E-state index contributed by atoms with van der Waals surface area (Å²) in [5.74, 6) is 1.24. The number of methoxy groups -OCH3 is 1. The molecule has 2 N–H and O–H groups in total. The highest BCUT2D eigenvalue weighted by atomic mass is 16.5. The van der Waals surface area contributed by atoms with Crippen molar-refractivity contribution in [2.24, 2.45) is 11.7 Å². The number of rotatable bonds is 8. The first-order valence-electron chi connectivity index (χ1n) is 9.38. The normalized spacial score (nSPS) is 17.3. The van der Waals surface area contributed by atoms with Crippen molar-refractivity contribution in [3.05, 3.63) is 53.0 Å². The van der Waals surface area contributed by atoms with Crippen molar-refractivity contribution in [3.63, 3.8) is 0 Å². The molecular weight excluding hydrogens is 356 g/mol. The summed E-state index contributed by atoms with van der Waals surface area (Å²) < 4.78 is 11.3. The molecule has 0 saturated heterocycles. The molecule has 1 saturated carbocycles. The van der Waals surface area contributed by atoms with Crippen LogP contribution in [0.5, 0.6) is 11.5 Å². The summed E-state index contributed by atoms with van der Waals surface area (Å²) in [6.07, 6.45) is 7.42. The number of hydrogen-bond donors (Lipinski definition) is 1. The molecular formula is C22H26N2O4. The van der Waals surface area contributed by atoms with Crippen molar-refractivity contribution in [1.29, 1.82) is 0 Å². The standard InChI is InChI=1S/C22H26N2O4/c1-14-4-7-18(12-25)15(2)24(14)11-19(22(23)26)17-8-9-20(27-3)21(10-17)28-13-16-5-6-16/h4,8-12,16H,5-7,13H2,1-3H3,(H2,23,26)/b19-11-. The van der Waals surface area contributed by atoms with E-state index in [2.05, 4.69) is 0 Å². The van der Waals surface area contributed by atoms with E-state index in [0.29, 0.717) is 47.2 Å². The fraction of sp³-hybridized carbons (Fsp3) is 0.364. The second-order valence-electron chi connectivity index (χ2n) is 7.18. The van der Waals surface area contributed by atoms with E-state index in [4.69, 9.17) is 15.2 Å². The molecule has 0 radical (unpaired) electrons. The minimum Gasteiger partial charge on any atom is -0.493 e. The third-order valence-corrected chi connectivity index (χ3v) is 5.14. The summed E-state index contributed by atoms with van der Waals surface area (Å²) >= 11 is 0. The number of aldehydes is 1. The fourth-order valence-corrected chi connectivity index (χ4v) is 3.11. The van der Waals surface area contributed by atoms with Crippen LogP contribution in [0.2, 0.25) is 0 Å². The summed E-state index contributed by atoms with van der Waals surface area (Å²) in [7, 11) is 1.58. The maximum absolute atomic E-state index is 12.2. The van der Waals surface area contributed by atoms with E-state index in [9.17, 15) is 9.59 Å². The van der Waals surface area contributed by atoms with Gasteiger partial charge in [-0.15, -0.1) is 0 Å². The minimum absolute atomic E-state index is 0.332. The van der Waals surface area contributed by atoms with Crippen LogP contribution in [-0.2, 0) is 9.59 Å². The second kappa shape index (κ2) is 8.33. The number of carbonyl (C=O) groups is 2. The van der Waals surface area contributed by atoms with Crippen molar-refractivity contribution < 1.29 is 19.1 Å². The molecule has 1 amide bonds. The van der Waals surface area contributed by atoms with Crippen LogP contribution in [0.1, 0.15) is 38.7 Å². The van der Waals surface area contributed by atoms with Gasteiger partial charge in [-0.25, -0.2) is 0 Å². The summed E-state index contributed by atoms with van der Waals surface area (Å²) in [6, 6.07) is 5.33.